The van der Waals surface area contributed by atoms with Crippen LogP contribution in [0.2, 0.25) is 0 Å². The summed E-state index contributed by atoms with van der Waals surface area (Å²) in [4.78, 5) is 73.0. The second-order valence-corrected chi connectivity index (χ2v) is 33.6. The van der Waals surface area contributed by atoms with Crippen molar-refractivity contribution in [3.05, 3.63) is 0 Å². The van der Waals surface area contributed by atoms with E-state index in [0.29, 0.717) is 25.7 Å². The first-order valence-electron chi connectivity index (χ1n) is 43.6. The number of phosphoric ester groups is 2. The van der Waals surface area contributed by atoms with E-state index in [1.807, 2.05) is 0 Å². The number of rotatable bonds is 84. The minimum absolute atomic E-state index is 0.108. The maximum Gasteiger partial charge on any atom is 0.472 e. The molecule has 17 nitrogen and oxygen atoms in total. The molecule has 0 aromatic heterocycles. The van der Waals surface area contributed by atoms with Crippen LogP contribution in [0.1, 0.15) is 452 Å². The van der Waals surface area contributed by atoms with E-state index in [4.69, 9.17) is 37.0 Å². The fraction of sp³-hybridized carbons (Fsp3) is 0.952. The zero-order valence-electron chi connectivity index (χ0n) is 67.5. The smallest absolute Gasteiger partial charge is 0.462 e. The van der Waals surface area contributed by atoms with E-state index in [0.717, 1.165) is 95.8 Å². The van der Waals surface area contributed by atoms with E-state index in [1.54, 1.807) is 0 Å². The Hall–Kier alpha value is -1.94. The summed E-state index contributed by atoms with van der Waals surface area (Å²) in [6.45, 7) is 7.37. The molecule has 19 heteroatoms. The van der Waals surface area contributed by atoms with Crippen LogP contribution >= 0.6 is 15.6 Å². The van der Waals surface area contributed by atoms with E-state index in [9.17, 15) is 43.2 Å². The number of hydrogen-bond acceptors (Lipinski definition) is 15. The molecule has 2 unspecified atom stereocenters. The molecule has 0 aromatic carbocycles. The first kappa shape index (κ1) is 101. The van der Waals surface area contributed by atoms with E-state index < -0.39 is 97.5 Å². The minimum atomic E-state index is -4.96. The van der Waals surface area contributed by atoms with Crippen LogP contribution in [0.4, 0.5) is 0 Å². The van der Waals surface area contributed by atoms with Gasteiger partial charge in [-0.05, 0) is 31.6 Å². The fourth-order valence-electron chi connectivity index (χ4n) is 13.1. The zero-order valence-corrected chi connectivity index (χ0v) is 69.3. The van der Waals surface area contributed by atoms with Crippen molar-refractivity contribution in [2.75, 3.05) is 39.6 Å². The molecule has 0 aliphatic heterocycles. The van der Waals surface area contributed by atoms with Crippen molar-refractivity contribution in [2.45, 2.75) is 470 Å². The monoisotopic (exact) mass is 1510 g/mol. The lowest BCUT2D eigenvalue weighted by molar-refractivity contribution is -0.161. The van der Waals surface area contributed by atoms with Crippen molar-refractivity contribution >= 4 is 39.5 Å². The number of ether oxygens (including phenoxy) is 4. The lowest BCUT2D eigenvalue weighted by atomic mass is 10.0. The van der Waals surface area contributed by atoms with Gasteiger partial charge >= 0.3 is 39.5 Å². The van der Waals surface area contributed by atoms with Gasteiger partial charge in [0.2, 0.25) is 0 Å². The molecular weight excluding hydrogens is 1340 g/mol. The molecule has 0 amide bonds. The number of hydrogen-bond donors (Lipinski definition) is 3. The van der Waals surface area contributed by atoms with Gasteiger partial charge in [-0.25, -0.2) is 9.13 Å². The lowest BCUT2D eigenvalue weighted by Crippen LogP contribution is -2.30. The van der Waals surface area contributed by atoms with E-state index in [2.05, 4.69) is 34.6 Å². The third-order valence-corrected chi connectivity index (χ3v) is 21.7. The average Bonchev–Trinajstić information content (AvgIpc) is 0.943. The number of esters is 4. The van der Waals surface area contributed by atoms with Crippen molar-refractivity contribution in [3.8, 4) is 0 Å². The molecule has 0 saturated carbocycles. The quantitative estimate of drug-likeness (QED) is 0.0222. The van der Waals surface area contributed by atoms with Gasteiger partial charge in [0.15, 0.2) is 12.2 Å². The Labute approximate surface area is 632 Å². The largest absolute Gasteiger partial charge is 0.472 e. The Balaban J connectivity index is 5.18. The summed E-state index contributed by atoms with van der Waals surface area (Å²) in [6.07, 6.45) is 69.5. The summed E-state index contributed by atoms with van der Waals surface area (Å²) in [7, 11) is -9.92. The molecule has 0 saturated heterocycles. The molecule has 0 spiro atoms. The number of carbonyl (C=O) groups excluding carboxylic acids is 4. The number of phosphoric acid groups is 2. The lowest BCUT2D eigenvalue weighted by Gasteiger charge is -2.21. The molecule has 0 aromatic rings. The predicted molar refractivity (Wildman–Crippen MR) is 423 cm³/mol. The highest BCUT2D eigenvalue weighted by atomic mass is 31.2. The molecule has 0 aliphatic rings. The van der Waals surface area contributed by atoms with Gasteiger partial charge < -0.3 is 33.8 Å². The second kappa shape index (κ2) is 76.8. The van der Waals surface area contributed by atoms with Gasteiger partial charge in [-0.15, -0.1) is 0 Å². The molecule has 5 atom stereocenters. The van der Waals surface area contributed by atoms with Crippen LogP contribution in [-0.2, 0) is 65.4 Å². The van der Waals surface area contributed by atoms with Crippen LogP contribution in [0, 0.1) is 5.92 Å². The minimum Gasteiger partial charge on any atom is -0.462 e. The van der Waals surface area contributed by atoms with Crippen LogP contribution in [0.5, 0.6) is 0 Å². The van der Waals surface area contributed by atoms with Gasteiger partial charge in [0.25, 0.3) is 0 Å². The number of unbranched alkanes of at least 4 members (excludes halogenated alkanes) is 56. The van der Waals surface area contributed by atoms with Crippen LogP contribution < -0.4 is 0 Å². The summed E-state index contributed by atoms with van der Waals surface area (Å²) >= 11 is 0. The third kappa shape index (κ3) is 78.0. The van der Waals surface area contributed by atoms with Crippen molar-refractivity contribution in [2.24, 2.45) is 5.92 Å². The molecule has 0 bridgehead atoms. The Morgan fingerprint density at radius 3 is 0.660 bits per heavy atom. The van der Waals surface area contributed by atoms with E-state index in [-0.39, 0.29) is 25.7 Å². The molecule has 612 valence electrons. The van der Waals surface area contributed by atoms with Gasteiger partial charge in [-0.1, -0.05) is 401 Å². The SMILES string of the molecule is CCCCCCCCCCCCCCCCCCCCCCCC(=O)OC[C@H](COP(=O)(O)OC[C@@H](O)COP(=O)(O)OC[C@@H](COC(=O)CCCCCCCCCCCC)OC(=O)CCCCCCCCCCCCC)OC(=O)CCCCCCCCCCCCCCCCCCCCC(C)C. The summed E-state index contributed by atoms with van der Waals surface area (Å²) in [5.74, 6) is -1.28. The van der Waals surface area contributed by atoms with Crippen LogP contribution in [-0.4, -0.2) is 96.7 Å². The molecule has 0 radical (unpaired) electrons. The Morgan fingerprint density at radius 2 is 0.447 bits per heavy atom. The summed E-state index contributed by atoms with van der Waals surface area (Å²) < 4.78 is 68.7. The van der Waals surface area contributed by atoms with E-state index in [1.165, 1.54) is 276 Å². The Bertz CT molecular complexity index is 1960. The zero-order chi connectivity index (χ0) is 75.5. The Morgan fingerprint density at radius 1 is 0.262 bits per heavy atom. The molecular formula is C84H164O17P2. The molecule has 0 heterocycles. The van der Waals surface area contributed by atoms with Crippen molar-refractivity contribution in [3.63, 3.8) is 0 Å². The normalized spacial score (nSPS) is 13.8. The van der Waals surface area contributed by atoms with Gasteiger partial charge in [-0.3, -0.25) is 37.3 Å². The molecule has 0 fully saturated rings. The first-order valence-corrected chi connectivity index (χ1v) is 46.6. The number of carbonyl (C=O) groups is 4. The second-order valence-electron chi connectivity index (χ2n) is 30.7. The van der Waals surface area contributed by atoms with Gasteiger partial charge in [0.05, 0.1) is 26.4 Å². The molecule has 3 N–H and O–H groups in total. The van der Waals surface area contributed by atoms with Crippen LogP contribution in [0.15, 0.2) is 0 Å². The van der Waals surface area contributed by atoms with Crippen LogP contribution in [0.25, 0.3) is 0 Å². The van der Waals surface area contributed by atoms with Gasteiger partial charge in [-0.2, -0.15) is 0 Å². The molecule has 0 aliphatic carbocycles. The summed E-state index contributed by atoms with van der Waals surface area (Å²) in [5, 5.41) is 10.6. The van der Waals surface area contributed by atoms with E-state index >= 15 is 0 Å². The summed E-state index contributed by atoms with van der Waals surface area (Å²) in [5.41, 5.74) is 0. The summed E-state index contributed by atoms with van der Waals surface area (Å²) in [6, 6.07) is 0. The maximum absolute atomic E-state index is 13.1. The predicted octanol–water partition coefficient (Wildman–Crippen LogP) is 25.6. The van der Waals surface area contributed by atoms with Crippen molar-refractivity contribution in [1.82, 2.24) is 0 Å². The highest BCUT2D eigenvalue weighted by Crippen LogP contribution is 2.45. The van der Waals surface area contributed by atoms with Gasteiger partial charge in [0.1, 0.15) is 19.3 Å². The Kier molecular flexibility index (Phi) is 75.4. The highest BCUT2D eigenvalue weighted by molar-refractivity contribution is 7.47. The highest BCUT2D eigenvalue weighted by Gasteiger charge is 2.30. The van der Waals surface area contributed by atoms with Gasteiger partial charge in [0, 0.05) is 25.7 Å². The first-order chi connectivity index (χ1) is 50.0. The number of aliphatic hydroxyl groups excluding tert-OH is 1. The van der Waals surface area contributed by atoms with Crippen molar-refractivity contribution < 1.29 is 80.2 Å². The third-order valence-electron chi connectivity index (χ3n) is 19.8. The van der Waals surface area contributed by atoms with Crippen molar-refractivity contribution in [1.29, 1.82) is 0 Å². The van der Waals surface area contributed by atoms with Crippen LogP contribution in [0.3, 0.4) is 0 Å². The molecule has 0 rings (SSSR count). The average molecular weight is 1510 g/mol. The molecule has 103 heavy (non-hydrogen) atoms. The maximum atomic E-state index is 13.1. The topological polar surface area (TPSA) is 237 Å². The number of aliphatic hydroxyl groups is 1. The standard InChI is InChI=1S/C84H164O17P2/c1-6-9-12-15-18-21-24-25-26-27-28-29-30-34-37-40-44-48-53-58-63-68-82(87)95-74-80(101-84(89)70-65-60-55-50-45-41-38-35-32-31-33-36-39-43-46-51-56-61-66-77(4)5)76-99-103(92,93)97-72-78(85)71-96-102(90,91)98-75-79(73-94-81(86)67-62-57-52-47-23-20-17-14-11-8-3)100-83(88)69-64-59-54-49-42-22-19-16-13-10-7-2/h77-80,85H,6-76H2,1-5H3,(H,90,91)(H,92,93)/t78-,79+,80+/m0/s1. The fourth-order valence-corrected chi connectivity index (χ4v) is 14.7.